The van der Waals surface area contributed by atoms with Gasteiger partial charge >= 0.3 is 0 Å². The van der Waals surface area contributed by atoms with Gasteiger partial charge in [0.05, 0.1) is 18.1 Å². The van der Waals surface area contributed by atoms with E-state index >= 15 is 0 Å². The molecular weight excluding hydrogens is 705 g/mol. The monoisotopic (exact) mass is 771 g/mol. The van der Waals surface area contributed by atoms with Gasteiger partial charge < -0.3 is 20.4 Å². The van der Waals surface area contributed by atoms with Crippen LogP contribution in [0, 0.1) is 18.3 Å². The molecule has 0 saturated carbocycles. The highest BCUT2D eigenvalue weighted by molar-refractivity contribution is 6.03. The third-order valence-corrected chi connectivity index (χ3v) is 11.6. The predicted octanol–water partition coefficient (Wildman–Crippen LogP) is 5.12. The first kappa shape index (κ1) is 44.4. The number of hydrogen-bond donors (Lipinski definition) is 3. The summed E-state index contributed by atoms with van der Waals surface area (Å²) >= 11 is 0. The maximum Gasteiger partial charge on any atom is 0.249 e. The second kappa shape index (κ2) is 18.7. The van der Waals surface area contributed by atoms with Crippen molar-refractivity contribution in [3.05, 3.63) is 82.9 Å². The zero-order valence-electron chi connectivity index (χ0n) is 35.6. The van der Waals surface area contributed by atoms with E-state index in [1.165, 1.54) is 0 Å². The van der Waals surface area contributed by atoms with E-state index in [-0.39, 0.29) is 29.5 Å². The average molecular weight is 771 g/mol. The lowest BCUT2D eigenvalue weighted by Gasteiger charge is -2.40. The largest absolute Gasteiger partial charge is 0.342 e. The summed E-state index contributed by atoms with van der Waals surface area (Å²) in [5.41, 5.74) is 2.41. The number of carbonyl (C=O) groups is 5. The Labute approximate surface area is 335 Å². The molecule has 2 heterocycles. The van der Waals surface area contributed by atoms with Crippen LogP contribution in [0.2, 0.25) is 0 Å². The number of aryl methyl sites for hydroxylation is 1. The Morgan fingerprint density at radius 1 is 0.875 bits per heavy atom. The summed E-state index contributed by atoms with van der Waals surface area (Å²) in [6.45, 7) is 19.3. The van der Waals surface area contributed by atoms with Crippen molar-refractivity contribution < 1.29 is 24.0 Å². The van der Waals surface area contributed by atoms with Crippen molar-refractivity contribution in [2.45, 2.75) is 130 Å². The van der Waals surface area contributed by atoms with Gasteiger partial charge in [0, 0.05) is 31.1 Å². The van der Waals surface area contributed by atoms with E-state index in [0.29, 0.717) is 37.9 Å². The maximum absolute atomic E-state index is 14.4. The Balaban J connectivity index is 1.46. The number of rotatable bonds is 14. The molecule has 11 nitrogen and oxygen atoms in total. The van der Waals surface area contributed by atoms with Gasteiger partial charge in [-0.1, -0.05) is 115 Å². The van der Waals surface area contributed by atoms with Crippen molar-refractivity contribution in [3.8, 4) is 0 Å². The first-order valence-electron chi connectivity index (χ1n) is 20.2. The maximum atomic E-state index is 14.4. The lowest BCUT2D eigenvalue weighted by molar-refractivity contribution is -0.141. The third kappa shape index (κ3) is 10.5. The number of nitrogens with zero attached hydrogens (tertiary/aromatic N) is 3. The summed E-state index contributed by atoms with van der Waals surface area (Å²) in [5.74, 6) is -1.71. The van der Waals surface area contributed by atoms with Gasteiger partial charge in [0.15, 0.2) is 0 Å². The van der Waals surface area contributed by atoms with Gasteiger partial charge in [0.1, 0.15) is 12.1 Å². The minimum absolute atomic E-state index is 0.0751. The van der Waals surface area contributed by atoms with Crippen LogP contribution >= 0.6 is 0 Å². The van der Waals surface area contributed by atoms with E-state index in [1.807, 2.05) is 104 Å². The molecule has 56 heavy (non-hydrogen) atoms. The number of amides is 5. The molecule has 4 rings (SSSR count). The van der Waals surface area contributed by atoms with Gasteiger partial charge in [-0.15, -0.1) is 0 Å². The van der Waals surface area contributed by atoms with Gasteiger partial charge in [0.25, 0.3) is 0 Å². The van der Waals surface area contributed by atoms with Crippen LogP contribution in [-0.2, 0) is 35.9 Å². The van der Waals surface area contributed by atoms with Gasteiger partial charge in [0.2, 0.25) is 29.5 Å². The molecule has 0 unspecified atom stereocenters. The first-order chi connectivity index (χ1) is 26.3. The Bertz CT molecular complexity index is 1750. The summed E-state index contributed by atoms with van der Waals surface area (Å²) < 4.78 is 0. The summed E-state index contributed by atoms with van der Waals surface area (Å²) in [7, 11) is 3.46. The Morgan fingerprint density at radius 3 is 2.11 bits per heavy atom. The zero-order chi connectivity index (χ0) is 41.5. The molecule has 5 atom stereocenters. The highest BCUT2D eigenvalue weighted by Gasteiger charge is 2.42. The van der Waals surface area contributed by atoms with Crippen LogP contribution in [0.4, 0.5) is 0 Å². The standard InChI is InChI=1S/C45H66N6O5/c1-29(2)36(49(11)43(56)38(44(5,6)7)47-41(54)37(46-10)45(8,9)33-21-15-18-30(3)26-33)27-31(4)42(55)51-25-17-23-35(51)40(53)48-39(52)34-22-16-24-50(34)28-32-19-13-12-14-20-32/h12-15,18-21,26-27,29,34-38,46H,16-17,22-25,28H2,1-11H3,(H,47,54)(H,48,52,53)/t34-,35-,36-,37-,38-/m1/s1. The van der Waals surface area contributed by atoms with E-state index in [2.05, 4.69) is 26.9 Å². The summed E-state index contributed by atoms with van der Waals surface area (Å²) in [6.07, 6.45) is 4.44. The summed E-state index contributed by atoms with van der Waals surface area (Å²) in [5, 5.41) is 8.94. The predicted molar refractivity (Wildman–Crippen MR) is 221 cm³/mol. The number of carbonyl (C=O) groups excluding carboxylic acids is 5. The van der Waals surface area contributed by atoms with Crippen LogP contribution in [0.5, 0.6) is 0 Å². The van der Waals surface area contributed by atoms with Gasteiger partial charge in [-0.05, 0) is 75.6 Å². The molecule has 2 aromatic rings. The van der Waals surface area contributed by atoms with Crippen molar-refractivity contribution in [2.24, 2.45) is 11.3 Å². The third-order valence-electron chi connectivity index (χ3n) is 11.6. The van der Waals surface area contributed by atoms with Crippen LogP contribution in [0.25, 0.3) is 0 Å². The summed E-state index contributed by atoms with van der Waals surface area (Å²) in [4.78, 5) is 74.7. The Hall–Kier alpha value is -4.35. The molecule has 11 heteroatoms. The van der Waals surface area contributed by atoms with E-state index < -0.39 is 46.9 Å². The molecule has 2 fully saturated rings. The molecule has 0 bridgehead atoms. The lowest BCUT2D eigenvalue weighted by Crippen LogP contribution is -2.61. The zero-order valence-corrected chi connectivity index (χ0v) is 35.6. The quantitative estimate of drug-likeness (QED) is 0.180. The number of likely N-dealkylation sites (tertiary alicyclic amines) is 2. The molecule has 2 aliphatic heterocycles. The van der Waals surface area contributed by atoms with Crippen molar-refractivity contribution in [1.29, 1.82) is 0 Å². The molecule has 2 aromatic carbocycles. The molecule has 2 saturated heterocycles. The van der Waals surface area contributed by atoms with Crippen molar-refractivity contribution in [2.75, 3.05) is 27.2 Å². The number of imide groups is 1. The lowest BCUT2D eigenvalue weighted by atomic mass is 9.76. The minimum atomic E-state index is -0.859. The van der Waals surface area contributed by atoms with Crippen LogP contribution in [-0.4, -0.2) is 102 Å². The molecule has 3 N–H and O–H groups in total. The second-order valence-electron chi connectivity index (χ2n) is 17.8. The fraction of sp³-hybridized carbons (Fsp3) is 0.578. The van der Waals surface area contributed by atoms with Crippen LogP contribution in [0.3, 0.4) is 0 Å². The highest BCUT2D eigenvalue weighted by atomic mass is 16.2. The van der Waals surface area contributed by atoms with Gasteiger partial charge in [-0.2, -0.15) is 0 Å². The molecule has 2 aliphatic rings. The van der Waals surface area contributed by atoms with Crippen LogP contribution < -0.4 is 16.0 Å². The SMILES string of the molecule is CN[C@H](C(=O)N[C@H](C(=O)N(C)[C@H](C=C(C)C(=O)N1CCC[C@@H]1C(=O)NC(=O)[C@H]1CCCN1Cc1ccccc1)C(C)C)C(C)(C)C)C(C)(C)c1cccc(C)c1. The first-order valence-corrected chi connectivity index (χ1v) is 20.2. The van der Waals surface area contributed by atoms with Crippen molar-refractivity contribution >= 4 is 29.5 Å². The van der Waals surface area contributed by atoms with Crippen molar-refractivity contribution in [1.82, 2.24) is 30.7 Å². The average Bonchev–Trinajstić information content (AvgIpc) is 3.82. The Kier molecular flexibility index (Phi) is 14.8. The van der Waals surface area contributed by atoms with Crippen molar-refractivity contribution in [3.63, 3.8) is 0 Å². The smallest absolute Gasteiger partial charge is 0.249 e. The number of hydrogen-bond acceptors (Lipinski definition) is 7. The number of likely N-dealkylation sites (N-methyl/N-ethyl adjacent to an activating group) is 2. The number of benzene rings is 2. The van der Waals surface area contributed by atoms with Gasteiger partial charge in [-0.3, -0.25) is 34.2 Å². The van der Waals surface area contributed by atoms with E-state index in [9.17, 15) is 24.0 Å². The number of nitrogens with one attached hydrogen (secondary N) is 3. The fourth-order valence-corrected chi connectivity index (χ4v) is 8.26. The topological polar surface area (TPSA) is 131 Å². The van der Waals surface area contributed by atoms with E-state index in [1.54, 1.807) is 36.9 Å². The summed E-state index contributed by atoms with van der Waals surface area (Å²) in [6, 6.07) is 14.9. The van der Waals surface area contributed by atoms with Gasteiger partial charge in [-0.25, -0.2) is 0 Å². The van der Waals surface area contributed by atoms with E-state index in [4.69, 9.17) is 0 Å². The van der Waals surface area contributed by atoms with E-state index in [0.717, 1.165) is 29.7 Å². The normalized spacial score (nSPS) is 19.7. The minimum Gasteiger partial charge on any atom is -0.342 e. The molecular formula is C45H66N6O5. The molecule has 5 amide bonds. The fourth-order valence-electron chi connectivity index (χ4n) is 8.26. The van der Waals surface area contributed by atoms with Crippen LogP contribution in [0.15, 0.2) is 66.2 Å². The highest BCUT2D eigenvalue weighted by Crippen LogP contribution is 2.30. The Morgan fingerprint density at radius 2 is 1.50 bits per heavy atom. The molecule has 0 aliphatic carbocycles. The molecule has 306 valence electrons. The second-order valence-corrected chi connectivity index (χ2v) is 17.8. The molecule has 0 spiro atoms. The molecule has 0 radical (unpaired) electrons. The van der Waals surface area contributed by atoms with Crippen LogP contribution in [0.1, 0.15) is 97.8 Å². The molecule has 0 aromatic heterocycles.